The molecule has 116 valence electrons. The Hall–Kier alpha value is -2.02. The molecule has 0 aromatic carbocycles. The lowest BCUT2D eigenvalue weighted by Gasteiger charge is -1.98. The molecule has 0 aliphatic carbocycles. The van der Waals surface area contributed by atoms with Crippen LogP contribution in [0.2, 0.25) is 0 Å². The van der Waals surface area contributed by atoms with Crippen molar-refractivity contribution in [1.82, 2.24) is 5.32 Å². The van der Waals surface area contributed by atoms with E-state index in [1.54, 1.807) is 17.4 Å². The predicted molar refractivity (Wildman–Crippen MR) is 97.3 cm³/mol. The van der Waals surface area contributed by atoms with Gasteiger partial charge in [0.05, 0.1) is 11.4 Å². The van der Waals surface area contributed by atoms with Gasteiger partial charge in [0.25, 0.3) is 0 Å². The lowest BCUT2D eigenvalue weighted by molar-refractivity contribution is -0.116. The van der Waals surface area contributed by atoms with Gasteiger partial charge in [-0.2, -0.15) is 22.7 Å². The third kappa shape index (κ3) is 4.25. The van der Waals surface area contributed by atoms with Gasteiger partial charge in [-0.1, -0.05) is 0 Å². The van der Waals surface area contributed by atoms with Crippen LogP contribution in [0, 0.1) is 0 Å². The van der Waals surface area contributed by atoms with Gasteiger partial charge in [0.15, 0.2) is 0 Å². The van der Waals surface area contributed by atoms with Gasteiger partial charge in [0, 0.05) is 21.9 Å². The van der Waals surface area contributed by atoms with Crippen molar-refractivity contribution in [2.75, 3.05) is 0 Å². The predicted octanol–water partition coefficient (Wildman–Crippen LogP) is 4.43. The molecule has 6 heteroatoms. The number of rotatable bonds is 6. The summed E-state index contributed by atoms with van der Waals surface area (Å²) in [7, 11) is 0. The lowest BCUT2D eigenvalue weighted by Crippen LogP contribution is -2.19. The Morgan fingerprint density at radius 1 is 1.04 bits per heavy atom. The van der Waals surface area contributed by atoms with Crippen LogP contribution in [0.4, 0.5) is 0 Å². The smallest absolute Gasteiger partial charge is 0.244 e. The third-order valence-electron chi connectivity index (χ3n) is 3.08. The number of carbonyl (C=O) groups excluding carboxylic acids is 2. The highest BCUT2D eigenvalue weighted by molar-refractivity contribution is 7.14. The molecule has 0 radical (unpaired) electrons. The number of nitrogens with one attached hydrogen (secondary N) is 1. The zero-order chi connectivity index (χ0) is 16.1. The molecule has 1 N–H and O–H groups in total. The molecule has 0 unspecified atom stereocenters. The molecular formula is C17H13NO2S3. The van der Waals surface area contributed by atoms with Gasteiger partial charge in [-0.05, 0) is 52.0 Å². The van der Waals surface area contributed by atoms with Crippen LogP contribution in [0.1, 0.15) is 25.7 Å². The minimum absolute atomic E-state index is 0.0335. The van der Waals surface area contributed by atoms with Gasteiger partial charge in [-0.3, -0.25) is 9.59 Å². The first kappa shape index (κ1) is 15.9. The largest absolute Gasteiger partial charge is 0.348 e. The fraction of sp³-hybridized carbons (Fsp3) is 0.0588. The van der Waals surface area contributed by atoms with E-state index in [9.17, 15) is 9.59 Å². The standard InChI is InChI=1S/C17H13NO2S3/c19-16(4-1-12-5-7-21-10-12)18-9-14-2-3-15(23-14)17(20)13-6-8-22-11-13/h1-8,10-11H,9H2,(H,18,19)/b4-1+. The average molecular weight is 359 g/mol. The topological polar surface area (TPSA) is 46.2 Å². The summed E-state index contributed by atoms with van der Waals surface area (Å²) >= 11 is 4.52. The van der Waals surface area contributed by atoms with Gasteiger partial charge in [-0.15, -0.1) is 11.3 Å². The van der Waals surface area contributed by atoms with Crippen LogP contribution in [0.25, 0.3) is 6.08 Å². The fourth-order valence-corrected chi connectivity index (χ4v) is 4.08. The Morgan fingerprint density at radius 2 is 1.87 bits per heavy atom. The van der Waals surface area contributed by atoms with Crippen LogP contribution >= 0.6 is 34.0 Å². The van der Waals surface area contributed by atoms with Gasteiger partial charge in [0.2, 0.25) is 11.7 Å². The van der Waals surface area contributed by atoms with E-state index in [1.165, 1.54) is 28.7 Å². The quantitative estimate of drug-likeness (QED) is 0.523. The van der Waals surface area contributed by atoms with Gasteiger partial charge in [-0.25, -0.2) is 0 Å². The second-order valence-corrected chi connectivity index (χ2v) is 7.44. The van der Waals surface area contributed by atoms with E-state index in [4.69, 9.17) is 0 Å². The minimum atomic E-state index is -0.143. The first-order chi connectivity index (χ1) is 11.2. The summed E-state index contributed by atoms with van der Waals surface area (Å²) in [6.45, 7) is 0.425. The molecular weight excluding hydrogens is 346 g/mol. The van der Waals surface area contributed by atoms with Crippen LogP contribution < -0.4 is 5.32 Å². The highest BCUT2D eigenvalue weighted by Gasteiger charge is 2.12. The summed E-state index contributed by atoms with van der Waals surface area (Å²) in [5.41, 5.74) is 1.73. The molecule has 0 aliphatic heterocycles. The number of carbonyl (C=O) groups is 2. The van der Waals surface area contributed by atoms with Crippen molar-refractivity contribution >= 4 is 51.8 Å². The Bertz CT molecular complexity index is 814. The zero-order valence-electron chi connectivity index (χ0n) is 12.0. The summed E-state index contributed by atoms with van der Waals surface area (Å²) in [6, 6.07) is 7.47. The second-order valence-electron chi connectivity index (χ2n) is 4.71. The van der Waals surface area contributed by atoms with Crippen molar-refractivity contribution in [3.05, 3.63) is 72.7 Å². The molecule has 0 saturated heterocycles. The van der Waals surface area contributed by atoms with E-state index in [0.29, 0.717) is 17.0 Å². The van der Waals surface area contributed by atoms with Crippen molar-refractivity contribution in [2.24, 2.45) is 0 Å². The van der Waals surface area contributed by atoms with Crippen molar-refractivity contribution in [3.8, 4) is 0 Å². The molecule has 23 heavy (non-hydrogen) atoms. The first-order valence-corrected chi connectivity index (χ1v) is 9.56. The van der Waals surface area contributed by atoms with Crippen molar-refractivity contribution < 1.29 is 9.59 Å². The molecule has 0 atom stereocenters. The van der Waals surface area contributed by atoms with E-state index < -0.39 is 0 Å². The monoisotopic (exact) mass is 359 g/mol. The Kier molecular flexibility index (Phi) is 5.17. The van der Waals surface area contributed by atoms with Crippen molar-refractivity contribution in [1.29, 1.82) is 0 Å². The molecule has 3 heterocycles. The van der Waals surface area contributed by atoms with Crippen molar-refractivity contribution in [2.45, 2.75) is 6.54 Å². The minimum Gasteiger partial charge on any atom is -0.348 e. The molecule has 0 bridgehead atoms. The number of thiophene rings is 3. The van der Waals surface area contributed by atoms with Crippen LogP contribution in [-0.4, -0.2) is 11.7 Å². The van der Waals surface area contributed by atoms with E-state index in [-0.39, 0.29) is 11.7 Å². The maximum absolute atomic E-state index is 12.2. The van der Waals surface area contributed by atoms with Gasteiger partial charge < -0.3 is 5.32 Å². The van der Waals surface area contributed by atoms with Crippen LogP contribution in [0.15, 0.2) is 51.9 Å². The molecule has 3 aromatic heterocycles. The molecule has 3 aromatic rings. The maximum atomic E-state index is 12.2. The summed E-state index contributed by atoms with van der Waals surface area (Å²) < 4.78 is 0. The van der Waals surface area contributed by atoms with Crippen molar-refractivity contribution in [3.63, 3.8) is 0 Å². The fourth-order valence-electron chi connectivity index (χ4n) is 1.91. The molecule has 1 amide bonds. The Labute approximate surface area is 145 Å². The zero-order valence-corrected chi connectivity index (χ0v) is 14.5. The molecule has 3 rings (SSSR count). The van der Waals surface area contributed by atoms with E-state index >= 15 is 0 Å². The highest BCUT2D eigenvalue weighted by Crippen LogP contribution is 2.21. The summed E-state index contributed by atoms with van der Waals surface area (Å²) in [5.74, 6) is -0.110. The third-order valence-corrected chi connectivity index (χ3v) is 5.54. The number of amides is 1. The van der Waals surface area contributed by atoms with E-state index in [0.717, 1.165) is 10.4 Å². The Balaban J connectivity index is 1.55. The van der Waals surface area contributed by atoms with E-state index in [1.807, 2.05) is 45.8 Å². The maximum Gasteiger partial charge on any atom is 0.244 e. The number of hydrogen-bond donors (Lipinski definition) is 1. The molecule has 3 nitrogen and oxygen atoms in total. The van der Waals surface area contributed by atoms with Gasteiger partial charge in [0.1, 0.15) is 0 Å². The first-order valence-electron chi connectivity index (χ1n) is 6.86. The number of ketones is 1. The van der Waals surface area contributed by atoms with Crippen LogP contribution in [-0.2, 0) is 11.3 Å². The highest BCUT2D eigenvalue weighted by atomic mass is 32.1. The molecule has 0 saturated carbocycles. The Morgan fingerprint density at radius 3 is 2.61 bits per heavy atom. The van der Waals surface area contributed by atoms with E-state index in [2.05, 4.69) is 5.32 Å². The van der Waals surface area contributed by atoms with Gasteiger partial charge >= 0.3 is 0 Å². The molecule has 0 fully saturated rings. The SMILES string of the molecule is O=C(/C=C/c1ccsc1)NCc1ccc(C(=O)c2ccsc2)s1. The summed E-state index contributed by atoms with van der Waals surface area (Å²) in [4.78, 5) is 25.7. The molecule has 0 spiro atoms. The normalized spacial score (nSPS) is 11.0. The summed E-state index contributed by atoms with van der Waals surface area (Å²) in [5, 5.41) is 10.5. The molecule has 0 aliphatic rings. The average Bonchev–Trinajstić information content (AvgIpc) is 3.33. The summed E-state index contributed by atoms with van der Waals surface area (Å²) in [6.07, 6.45) is 3.30. The van der Waals surface area contributed by atoms with Crippen LogP contribution in [0.5, 0.6) is 0 Å². The van der Waals surface area contributed by atoms with Crippen LogP contribution in [0.3, 0.4) is 0 Å². The second kappa shape index (κ2) is 7.50. The lowest BCUT2D eigenvalue weighted by atomic mass is 10.2. The number of hydrogen-bond acceptors (Lipinski definition) is 5.